The molecule has 0 radical (unpaired) electrons. The van der Waals surface area contributed by atoms with Crippen LogP contribution in [0.25, 0.3) is 0 Å². The smallest absolute Gasteiger partial charge is 0.242 e. The third-order valence-corrected chi connectivity index (χ3v) is 3.67. The quantitative estimate of drug-likeness (QED) is 0.649. The molecule has 0 saturated carbocycles. The molecule has 0 unspecified atom stereocenters. The molecule has 1 aromatic rings. The monoisotopic (exact) mass is 264 g/mol. The molecule has 0 aliphatic carbocycles. The molecule has 0 aliphatic heterocycles. The predicted molar refractivity (Wildman–Crippen MR) is 57.1 cm³/mol. The molecule has 0 fully saturated rings. The highest BCUT2D eigenvalue weighted by atomic mass is 32.2. The second-order valence-electron chi connectivity index (χ2n) is 3.82. The fourth-order valence-electron chi connectivity index (χ4n) is 1.04. The van der Waals surface area contributed by atoms with Crippen molar-refractivity contribution in [2.45, 2.75) is 17.4 Å². The van der Waals surface area contributed by atoms with E-state index in [2.05, 4.69) is 9.71 Å². The van der Waals surface area contributed by atoms with Crippen LogP contribution in [0.1, 0.15) is 6.92 Å². The van der Waals surface area contributed by atoms with Crippen molar-refractivity contribution in [3.63, 3.8) is 0 Å². The van der Waals surface area contributed by atoms with E-state index >= 15 is 0 Å². The summed E-state index contributed by atoms with van der Waals surface area (Å²) in [5, 5.41) is 17.9. The lowest BCUT2D eigenvalue weighted by Crippen LogP contribution is -2.51. The standard InChI is InChI=1S/C9H13FN2O4S/c1-9(5-13,6-14)12-17(15,16)8-2-7(10)3-11-4-8/h2-4,12-14H,5-6H2,1H3. The molecule has 1 heterocycles. The minimum atomic E-state index is -4.04. The van der Waals surface area contributed by atoms with E-state index in [4.69, 9.17) is 10.2 Å². The molecule has 3 N–H and O–H groups in total. The zero-order valence-electron chi connectivity index (χ0n) is 9.09. The summed E-state index contributed by atoms with van der Waals surface area (Å²) in [5.74, 6) is -0.789. The molecule has 0 saturated heterocycles. The van der Waals surface area contributed by atoms with Crippen LogP contribution in [0, 0.1) is 5.82 Å². The van der Waals surface area contributed by atoms with Crippen LogP contribution < -0.4 is 4.72 Å². The number of aliphatic hydroxyl groups is 2. The lowest BCUT2D eigenvalue weighted by molar-refractivity contribution is 0.121. The number of sulfonamides is 1. The summed E-state index contributed by atoms with van der Waals surface area (Å²) < 4.78 is 38.5. The molecule has 96 valence electrons. The first-order chi connectivity index (χ1) is 7.83. The molecule has 0 aliphatic rings. The van der Waals surface area contributed by atoms with E-state index in [9.17, 15) is 12.8 Å². The van der Waals surface area contributed by atoms with E-state index in [1.54, 1.807) is 0 Å². The van der Waals surface area contributed by atoms with Crippen LogP contribution in [-0.4, -0.2) is 42.4 Å². The molecule has 6 nitrogen and oxygen atoms in total. The van der Waals surface area contributed by atoms with Crippen LogP contribution in [0.15, 0.2) is 23.4 Å². The van der Waals surface area contributed by atoms with Crippen molar-refractivity contribution in [3.8, 4) is 0 Å². The van der Waals surface area contributed by atoms with Gasteiger partial charge < -0.3 is 10.2 Å². The molecule has 0 atom stereocenters. The summed E-state index contributed by atoms with van der Waals surface area (Å²) in [4.78, 5) is 3.04. The van der Waals surface area contributed by atoms with E-state index < -0.39 is 34.6 Å². The van der Waals surface area contributed by atoms with Gasteiger partial charge in [0.05, 0.1) is 24.9 Å². The number of aromatic nitrogens is 1. The van der Waals surface area contributed by atoms with Gasteiger partial charge in [0, 0.05) is 6.20 Å². The third kappa shape index (κ3) is 3.43. The Labute approximate surface area is 98.2 Å². The maximum absolute atomic E-state index is 12.8. The Morgan fingerprint density at radius 2 is 2.00 bits per heavy atom. The van der Waals surface area contributed by atoms with Crippen LogP contribution in [0.4, 0.5) is 4.39 Å². The van der Waals surface area contributed by atoms with E-state index in [1.165, 1.54) is 6.92 Å². The van der Waals surface area contributed by atoms with E-state index in [1.807, 2.05) is 0 Å². The molecule has 0 bridgehead atoms. The zero-order valence-corrected chi connectivity index (χ0v) is 9.91. The zero-order chi connectivity index (χ0) is 13.1. The van der Waals surface area contributed by atoms with Gasteiger partial charge >= 0.3 is 0 Å². The summed E-state index contributed by atoms with van der Waals surface area (Å²) in [7, 11) is -4.04. The van der Waals surface area contributed by atoms with Gasteiger partial charge in [-0.25, -0.2) is 17.5 Å². The number of halogens is 1. The van der Waals surface area contributed by atoms with Gasteiger partial charge in [0.1, 0.15) is 10.7 Å². The van der Waals surface area contributed by atoms with Gasteiger partial charge in [-0.05, 0) is 13.0 Å². The first kappa shape index (κ1) is 14.0. The van der Waals surface area contributed by atoms with Crippen molar-refractivity contribution in [2.75, 3.05) is 13.2 Å². The van der Waals surface area contributed by atoms with Crippen molar-refractivity contribution >= 4 is 10.0 Å². The number of aliphatic hydroxyl groups excluding tert-OH is 2. The predicted octanol–water partition coefficient (Wildman–Crippen LogP) is -0.758. The van der Waals surface area contributed by atoms with E-state index in [0.29, 0.717) is 0 Å². The number of hydrogen-bond donors (Lipinski definition) is 3. The number of rotatable bonds is 5. The Morgan fingerprint density at radius 1 is 1.41 bits per heavy atom. The molecule has 0 aromatic carbocycles. The Morgan fingerprint density at radius 3 is 2.47 bits per heavy atom. The van der Waals surface area contributed by atoms with Crippen LogP contribution in [0.3, 0.4) is 0 Å². The van der Waals surface area contributed by atoms with Crippen LogP contribution in [0.2, 0.25) is 0 Å². The summed E-state index contributed by atoms with van der Waals surface area (Å²) in [6, 6.07) is 0.796. The maximum Gasteiger partial charge on any atom is 0.242 e. The summed E-state index contributed by atoms with van der Waals surface area (Å²) in [5.41, 5.74) is -1.41. The van der Waals surface area contributed by atoms with Gasteiger partial charge in [-0.15, -0.1) is 0 Å². The number of nitrogens with zero attached hydrogens (tertiary/aromatic N) is 1. The lowest BCUT2D eigenvalue weighted by Gasteiger charge is -2.25. The largest absolute Gasteiger partial charge is 0.394 e. The van der Waals surface area contributed by atoms with Crippen molar-refractivity contribution in [1.29, 1.82) is 0 Å². The number of pyridine rings is 1. The average Bonchev–Trinajstić information content (AvgIpc) is 2.28. The molecule has 17 heavy (non-hydrogen) atoms. The second kappa shape index (κ2) is 5.05. The highest BCUT2D eigenvalue weighted by Gasteiger charge is 2.29. The fraction of sp³-hybridized carbons (Fsp3) is 0.444. The highest BCUT2D eigenvalue weighted by Crippen LogP contribution is 2.12. The molecule has 1 aromatic heterocycles. The average molecular weight is 264 g/mol. The number of nitrogens with one attached hydrogen (secondary N) is 1. The van der Waals surface area contributed by atoms with E-state index in [-0.39, 0.29) is 4.90 Å². The van der Waals surface area contributed by atoms with Gasteiger partial charge in [-0.1, -0.05) is 0 Å². The molecule has 0 spiro atoms. The molecule has 1 rings (SSSR count). The molecular formula is C9H13FN2O4S. The van der Waals surface area contributed by atoms with Gasteiger partial charge in [-0.3, -0.25) is 4.98 Å². The first-order valence-corrected chi connectivity index (χ1v) is 6.17. The first-order valence-electron chi connectivity index (χ1n) is 4.69. The fourth-order valence-corrected chi connectivity index (χ4v) is 2.40. The molecule has 8 heteroatoms. The van der Waals surface area contributed by atoms with Gasteiger partial charge in [0.15, 0.2) is 0 Å². The molecular weight excluding hydrogens is 251 g/mol. The highest BCUT2D eigenvalue weighted by molar-refractivity contribution is 7.89. The third-order valence-electron chi connectivity index (χ3n) is 2.07. The maximum atomic E-state index is 12.8. The Bertz CT molecular complexity index is 488. The van der Waals surface area contributed by atoms with Crippen LogP contribution in [-0.2, 0) is 10.0 Å². The van der Waals surface area contributed by atoms with Crippen LogP contribution >= 0.6 is 0 Å². The van der Waals surface area contributed by atoms with Gasteiger partial charge in [0.2, 0.25) is 10.0 Å². The van der Waals surface area contributed by atoms with Gasteiger partial charge in [-0.2, -0.15) is 0 Å². The normalized spacial score (nSPS) is 12.7. The Balaban J connectivity index is 3.05. The lowest BCUT2D eigenvalue weighted by atomic mass is 10.1. The Kier molecular flexibility index (Phi) is 4.15. The topological polar surface area (TPSA) is 99.5 Å². The van der Waals surface area contributed by atoms with Crippen LogP contribution in [0.5, 0.6) is 0 Å². The minimum absolute atomic E-state index is 0.370. The summed E-state index contributed by atoms with van der Waals surface area (Å²) in [6.45, 7) is 0.133. The minimum Gasteiger partial charge on any atom is -0.394 e. The van der Waals surface area contributed by atoms with E-state index in [0.717, 1.165) is 18.5 Å². The number of hydrogen-bond acceptors (Lipinski definition) is 5. The van der Waals surface area contributed by atoms with Crippen molar-refractivity contribution in [2.24, 2.45) is 0 Å². The van der Waals surface area contributed by atoms with Crippen molar-refractivity contribution in [1.82, 2.24) is 9.71 Å². The van der Waals surface area contributed by atoms with Crippen molar-refractivity contribution < 1.29 is 23.0 Å². The summed E-state index contributed by atoms with van der Waals surface area (Å²) in [6.07, 6.45) is 1.84. The second-order valence-corrected chi connectivity index (χ2v) is 5.50. The Hall–Kier alpha value is -1.09. The van der Waals surface area contributed by atoms with Crippen molar-refractivity contribution in [3.05, 3.63) is 24.3 Å². The SMILES string of the molecule is CC(CO)(CO)NS(=O)(=O)c1cncc(F)c1. The summed E-state index contributed by atoms with van der Waals surface area (Å²) >= 11 is 0. The molecule has 0 amide bonds. The van der Waals surface area contributed by atoms with Gasteiger partial charge in [0.25, 0.3) is 0 Å².